The molecule has 3 aromatic rings. The maximum atomic E-state index is 13.1. The van der Waals surface area contributed by atoms with Gasteiger partial charge in [0.05, 0.1) is 0 Å². The highest BCUT2D eigenvalue weighted by Crippen LogP contribution is 2.29. The lowest BCUT2D eigenvalue weighted by Gasteiger charge is -2.17. The van der Waals surface area contributed by atoms with Crippen LogP contribution in [0.5, 0.6) is 0 Å². The number of sulfonamides is 1. The van der Waals surface area contributed by atoms with Gasteiger partial charge in [-0.1, -0.05) is 6.07 Å². The Morgan fingerprint density at radius 3 is 2.57 bits per heavy atom. The van der Waals surface area contributed by atoms with Crippen molar-refractivity contribution in [1.29, 1.82) is 0 Å². The smallest absolute Gasteiger partial charge is 0.367 e. The largest absolute Gasteiger partial charge is 0.453 e. The van der Waals surface area contributed by atoms with E-state index in [1.54, 1.807) is 25.3 Å². The summed E-state index contributed by atoms with van der Waals surface area (Å²) < 4.78 is 66.1. The zero-order valence-corrected chi connectivity index (χ0v) is 16.8. The number of aromatic nitrogens is 4. The molecular formula is C15H17F3N6O2S2. The van der Waals surface area contributed by atoms with Crippen molar-refractivity contribution in [1.82, 2.24) is 24.1 Å². The van der Waals surface area contributed by atoms with Crippen LogP contribution in [0, 0.1) is 13.8 Å². The number of likely N-dealkylation sites (N-methyl/N-ethyl adjacent to an activating group) is 1. The summed E-state index contributed by atoms with van der Waals surface area (Å²) in [5.74, 6) is -1.01. The Balaban J connectivity index is 1.80. The third kappa shape index (κ3) is 3.69. The SMILES string of the molecule is Cc1c(NCCN(C)S(=O)(=O)c2cccs2)nn2c(C(F)(F)F)nnc2c1C. The van der Waals surface area contributed by atoms with Gasteiger partial charge in [-0.2, -0.15) is 22.0 Å². The molecule has 0 saturated carbocycles. The first-order valence-electron chi connectivity index (χ1n) is 8.07. The van der Waals surface area contributed by atoms with Crippen LogP contribution in [0.2, 0.25) is 0 Å². The van der Waals surface area contributed by atoms with Gasteiger partial charge < -0.3 is 5.32 Å². The predicted molar refractivity (Wildman–Crippen MR) is 97.9 cm³/mol. The first-order chi connectivity index (χ1) is 13.0. The van der Waals surface area contributed by atoms with Crippen molar-refractivity contribution in [3.63, 3.8) is 0 Å². The van der Waals surface area contributed by atoms with Crippen molar-refractivity contribution in [2.24, 2.45) is 0 Å². The van der Waals surface area contributed by atoms with Crippen LogP contribution in [0.4, 0.5) is 19.0 Å². The highest BCUT2D eigenvalue weighted by Gasteiger charge is 2.38. The average Bonchev–Trinajstić information content (AvgIpc) is 3.28. The Hall–Kier alpha value is -2.25. The molecule has 0 amide bonds. The molecule has 0 aromatic carbocycles. The van der Waals surface area contributed by atoms with E-state index in [-0.39, 0.29) is 28.8 Å². The summed E-state index contributed by atoms with van der Waals surface area (Å²) in [4.78, 5) is 0. The Labute approximate surface area is 163 Å². The highest BCUT2D eigenvalue weighted by molar-refractivity contribution is 7.91. The summed E-state index contributed by atoms with van der Waals surface area (Å²) in [6.07, 6.45) is -4.69. The zero-order chi connectivity index (χ0) is 20.7. The molecule has 152 valence electrons. The lowest BCUT2D eigenvalue weighted by molar-refractivity contribution is -0.146. The average molecular weight is 434 g/mol. The molecule has 0 unspecified atom stereocenters. The Bertz CT molecular complexity index is 1090. The minimum absolute atomic E-state index is 0.0211. The summed E-state index contributed by atoms with van der Waals surface area (Å²) in [7, 11) is -2.17. The zero-order valence-electron chi connectivity index (χ0n) is 15.1. The van der Waals surface area contributed by atoms with Crippen LogP contribution in [0.25, 0.3) is 5.65 Å². The molecule has 28 heavy (non-hydrogen) atoms. The fraction of sp³-hybridized carbons (Fsp3) is 0.400. The van der Waals surface area contributed by atoms with Gasteiger partial charge >= 0.3 is 6.18 Å². The van der Waals surface area contributed by atoms with Crippen molar-refractivity contribution in [2.45, 2.75) is 24.2 Å². The van der Waals surface area contributed by atoms with Gasteiger partial charge in [-0.25, -0.2) is 8.42 Å². The maximum Gasteiger partial charge on any atom is 0.453 e. The number of anilines is 1. The van der Waals surface area contributed by atoms with E-state index in [2.05, 4.69) is 20.6 Å². The van der Waals surface area contributed by atoms with E-state index in [9.17, 15) is 21.6 Å². The molecule has 13 heteroatoms. The quantitative estimate of drug-likeness (QED) is 0.641. The number of hydrogen-bond acceptors (Lipinski definition) is 7. The number of hydrogen-bond donors (Lipinski definition) is 1. The highest BCUT2D eigenvalue weighted by atomic mass is 32.2. The van der Waals surface area contributed by atoms with E-state index in [0.29, 0.717) is 15.6 Å². The Kier molecular flexibility index (Phi) is 5.34. The van der Waals surface area contributed by atoms with Crippen LogP contribution in [0.15, 0.2) is 21.7 Å². The number of nitrogens with one attached hydrogen (secondary N) is 1. The minimum atomic E-state index is -4.69. The number of thiophene rings is 1. The van der Waals surface area contributed by atoms with E-state index >= 15 is 0 Å². The lowest BCUT2D eigenvalue weighted by atomic mass is 10.2. The summed E-state index contributed by atoms with van der Waals surface area (Å²) in [5, 5.41) is 15.3. The van der Waals surface area contributed by atoms with Crippen molar-refractivity contribution in [2.75, 3.05) is 25.5 Å². The van der Waals surface area contributed by atoms with E-state index in [0.717, 1.165) is 11.3 Å². The monoisotopic (exact) mass is 434 g/mol. The molecule has 8 nitrogen and oxygen atoms in total. The number of alkyl halides is 3. The molecule has 0 aliphatic rings. The van der Waals surface area contributed by atoms with Gasteiger partial charge in [0.25, 0.3) is 15.8 Å². The second-order valence-electron chi connectivity index (χ2n) is 6.04. The standard InChI is InChI=1S/C15H17F3N6O2S2/c1-9-10(2)13-20-21-14(15(16,17)18)24(13)22-12(9)19-6-7-23(3)28(25,26)11-5-4-8-27-11/h4-5,8H,6-7H2,1-3H3,(H,19,22). The van der Waals surface area contributed by atoms with Crippen LogP contribution in [0.3, 0.4) is 0 Å². The summed E-state index contributed by atoms with van der Waals surface area (Å²) in [5.41, 5.74) is 1.13. The van der Waals surface area contributed by atoms with Crippen LogP contribution in [-0.2, 0) is 16.2 Å². The number of fused-ring (bicyclic) bond motifs is 1. The van der Waals surface area contributed by atoms with Gasteiger partial charge in [0.15, 0.2) is 5.65 Å². The molecule has 3 aromatic heterocycles. The van der Waals surface area contributed by atoms with Crippen molar-refractivity contribution in [3.05, 3.63) is 34.5 Å². The molecule has 0 aliphatic heterocycles. The number of aryl methyl sites for hydroxylation is 1. The van der Waals surface area contributed by atoms with E-state index < -0.39 is 22.0 Å². The molecule has 3 heterocycles. The third-order valence-corrected chi connectivity index (χ3v) is 7.46. The van der Waals surface area contributed by atoms with Crippen molar-refractivity contribution >= 4 is 32.8 Å². The molecular weight excluding hydrogens is 417 g/mol. The third-order valence-electron chi connectivity index (χ3n) is 4.23. The first-order valence-corrected chi connectivity index (χ1v) is 10.4. The maximum absolute atomic E-state index is 13.1. The van der Waals surface area contributed by atoms with Gasteiger partial charge in [0, 0.05) is 25.7 Å². The first kappa shape index (κ1) is 20.5. The van der Waals surface area contributed by atoms with Crippen LogP contribution in [0.1, 0.15) is 17.0 Å². The fourth-order valence-electron chi connectivity index (χ4n) is 2.49. The molecule has 0 spiro atoms. The van der Waals surface area contributed by atoms with Crippen molar-refractivity contribution < 1.29 is 21.6 Å². The second-order valence-corrected chi connectivity index (χ2v) is 9.26. The van der Waals surface area contributed by atoms with Gasteiger partial charge in [0.2, 0.25) is 0 Å². The topological polar surface area (TPSA) is 92.5 Å². The fourth-order valence-corrected chi connectivity index (χ4v) is 4.86. The molecule has 0 atom stereocenters. The van der Waals surface area contributed by atoms with Crippen LogP contribution in [-0.4, -0.2) is 52.7 Å². The molecule has 0 aliphatic carbocycles. The minimum Gasteiger partial charge on any atom is -0.367 e. The molecule has 1 N–H and O–H groups in total. The van der Waals surface area contributed by atoms with E-state index in [1.165, 1.54) is 17.4 Å². The number of nitrogens with zero attached hydrogens (tertiary/aromatic N) is 5. The van der Waals surface area contributed by atoms with Crippen molar-refractivity contribution in [3.8, 4) is 0 Å². The van der Waals surface area contributed by atoms with E-state index in [4.69, 9.17) is 0 Å². The molecule has 0 radical (unpaired) electrons. The number of rotatable bonds is 6. The summed E-state index contributed by atoms with van der Waals surface area (Å²) in [6.45, 7) is 3.58. The second kappa shape index (κ2) is 7.29. The Morgan fingerprint density at radius 1 is 1.25 bits per heavy atom. The molecule has 0 fully saturated rings. The van der Waals surface area contributed by atoms with Gasteiger partial charge in [-0.15, -0.1) is 26.6 Å². The normalized spacial score (nSPS) is 12.8. The number of halogens is 3. The lowest BCUT2D eigenvalue weighted by Crippen LogP contribution is -2.31. The summed E-state index contributed by atoms with van der Waals surface area (Å²) in [6, 6.07) is 3.16. The van der Waals surface area contributed by atoms with Crippen LogP contribution >= 0.6 is 11.3 Å². The molecule has 3 rings (SSSR count). The molecule has 0 saturated heterocycles. The Morgan fingerprint density at radius 2 is 1.96 bits per heavy atom. The van der Waals surface area contributed by atoms with Gasteiger partial charge in [-0.3, -0.25) is 0 Å². The van der Waals surface area contributed by atoms with Crippen LogP contribution < -0.4 is 5.32 Å². The summed E-state index contributed by atoms with van der Waals surface area (Å²) >= 11 is 1.11. The molecule has 0 bridgehead atoms. The predicted octanol–water partition coefficient (Wildman–Crippen LogP) is 2.55. The van der Waals surface area contributed by atoms with E-state index in [1.807, 2.05) is 0 Å². The van der Waals surface area contributed by atoms with Gasteiger partial charge in [-0.05, 0) is 30.9 Å². The van der Waals surface area contributed by atoms with Gasteiger partial charge in [0.1, 0.15) is 10.0 Å².